The lowest BCUT2D eigenvalue weighted by Gasteiger charge is -2.41. The third-order valence-corrected chi connectivity index (χ3v) is 8.82. The minimum Gasteiger partial charge on any atom is -0.481 e. The predicted octanol–water partition coefficient (Wildman–Crippen LogP) is 2.62. The molecule has 4 N–H and O–H groups in total. The van der Waals surface area contributed by atoms with Gasteiger partial charge in [-0.2, -0.15) is 0 Å². The largest absolute Gasteiger partial charge is 0.481 e. The zero-order valence-corrected chi connectivity index (χ0v) is 20.1. The number of carboxylic acids is 1. The number of likely N-dealkylation sites (tertiary alicyclic amines) is 1. The lowest BCUT2D eigenvalue weighted by molar-refractivity contribution is -0.138. The van der Waals surface area contributed by atoms with Gasteiger partial charge in [0.2, 0.25) is 0 Å². The highest BCUT2D eigenvalue weighted by atomic mass is 16.5. The summed E-state index contributed by atoms with van der Waals surface area (Å²) in [6, 6.07) is 0.617. The lowest BCUT2D eigenvalue weighted by Crippen LogP contribution is -2.63. The molecule has 0 atom stereocenters. The maximum Gasteiger partial charge on any atom is 0.303 e. The first kappa shape index (κ1) is 24.4. The quantitative estimate of drug-likeness (QED) is 0.452. The highest BCUT2D eigenvalue weighted by molar-refractivity contribution is 5.67. The fourth-order valence-corrected chi connectivity index (χ4v) is 6.66. The Balaban J connectivity index is 1.08. The average Bonchev–Trinajstić information content (AvgIpc) is 2.82. The monoisotopic (exact) mass is 450 g/mol. The van der Waals surface area contributed by atoms with Gasteiger partial charge in [-0.1, -0.05) is 0 Å². The molecule has 7 nitrogen and oxygen atoms in total. The van der Waals surface area contributed by atoms with Gasteiger partial charge in [-0.05, 0) is 101 Å². The van der Waals surface area contributed by atoms with Crippen LogP contribution in [-0.4, -0.2) is 74.2 Å². The molecule has 0 bridgehead atoms. The molecule has 2 saturated heterocycles. The Morgan fingerprint density at radius 2 is 1.56 bits per heavy atom. The molecule has 0 unspecified atom stereocenters. The van der Waals surface area contributed by atoms with Gasteiger partial charge in [0.25, 0.3) is 0 Å². The van der Waals surface area contributed by atoms with E-state index in [0.29, 0.717) is 24.5 Å². The van der Waals surface area contributed by atoms with E-state index in [-0.39, 0.29) is 6.29 Å². The third kappa shape index (κ3) is 7.13. The SMILES string of the molecule is COC1CCC(C2CNC(NC3CCC(CN4CCC(CC(=O)O)CC4)CC3)NC2)CC1. The number of piperidine rings is 1. The van der Waals surface area contributed by atoms with Gasteiger partial charge in [-0.25, -0.2) is 0 Å². The van der Waals surface area contributed by atoms with E-state index in [4.69, 9.17) is 9.84 Å². The first-order valence-electron chi connectivity index (χ1n) is 13.3. The fraction of sp³-hybridized carbons (Fsp3) is 0.960. The second kappa shape index (κ2) is 12.1. The molecule has 2 saturated carbocycles. The molecule has 184 valence electrons. The summed E-state index contributed by atoms with van der Waals surface area (Å²) in [5, 5.41) is 20.3. The Morgan fingerprint density at radius 1 is 0.906 bits per heavy atom. The number of nitrogens with zero attached hydrogens (tertiary/aromatic N) is 1. The van der Waals surface area contributed by atoms with E-state index < -0.39 is 5.97 Å². The van der Waals surface area contributed by atoms with Gasteiger partial charge in [0, 0.05) is 39.2 Å². The van der Waals surface area contributed by atoms with Crippen LogP contribution in [0.4, 0.5) is 0 Å². The zero-order chi connectivity index (χ0) is 22.3. The summed E-state index contributed by atoms with van der Waals surface area (Å²) in [5.41, 5.74) is 0. The van der Waals surface area contributed by atoms with Crippen molar-refractivity contribution >= 4 is 5.97 Å². The predicted molar refractivity (Wildman–Crippen MR) is 126 cm³/mol. The number of nitrogens with one attached hydrogen (secondary N) is 3. The number of rotatable bonds is 8. The molecule has 32 heavy (non-hydrogen) atoms. The summed E-state index contributed by atoms with van der Waals surface area (Å²) in [7, 11) is 1.85. The number of hydrogen-bond donors (Lipinski definition) is 4. The Labute approximate surface area is 194 Å². The van der Waals surface area contributed by atoms with Crippen LogP contribution in [0.2, 0.25) is 0 Å². The molecule has 0 aromatic heterocycles. The molecular weight excluding hydrogens is 404 g/mol. The molecule has 0 amide bonds. The van der Waals surface area contributed by atoms with E-state index in [0.717, 1.165) is 56.8 Å². The summed E-state index contributed by atoms with van der Waals surface area (Å²) >= 11 is 0. The fourth-order valence-electron chi connectivity index (χ4n) is 6.66. The van der Waals surface area contributed by atoms with Gasteiger partial charge in [0.1, 0.15) is 6.29 Å². The summed E-state index contributed by atoms with van der Waals surface area (Å²) in [4.78, 5) is 13.5. The first-order chi connectivity index (χ1) is 15.6. The molecule has 0 spiro atoms. The standard InChI is InChI=1S/C25H46N4O3/c1-32-23-8-4-20(5-9-23)21-15-26-25(27-16-21)28-22-6-2-19(3-7-22)17-29-12-10-18(11-13-29)14-24(30)31/h18-23,25-28H,2-17H2,1H3,(H,30,31). The average molecular weight is 451 g/mol. The molecule has 4 aliphatic rings. The number of ether oxygens (including phenoxy) is 1. The molecule has 2 heterocycles. The maximum atomic E-state index is 10.9. The Bertz CT molecular complexity index is 560. The molecule has 0 radical (unpaired) electrons. The van der Waals surface area contributed by atoms with Gasteiger partial charge in [0.05, 0.1) is 6.10 Å². The van der Waals surface area contributed by atoms with Gasteiger partial charge in [-0.15, -0.1) is 0 Å². The first-order valence-corrected chi connectivity index (χ1v) is 13.3. The summed E-state index contributed by atoms with van der Waals surface area (Å²) in [6.07, 6.45) is 13.4. The molecule has 7 heteroatoms. The van der Waals surface area contributed by atoms with Gasteiger partial charge >= 0.3 is 5.97 Å². The molecule has 2 aliphatic carbocycles. The van der Waals surface area contributed by atoms with Gasteiger partial charge in [-0.3, -0.25) is 20.7 Å². The lowest BCUT2D eigenvalue weighted by atomic mass is 9.78. The number of methoxy groups -OCH3 is 1. The van der Waals surface area contributed by atoms with E-state index in [1.807, 2.05) is 7.11 Å². The normalized spacial score (nSPS) is 37.9. The van der Waals surface area contributed by atoms with E-state index in [1.165, 1.54) is 57.9 Å². The molecule has 4 rings (SSSR count). The van der Waals surface area contributed by atoms with Crippen LogP contribution in [0, 0.1) is 23.7 Å². The van der Waals surface area contributed by atoms with Crippen LogP contribution in [0.5, 0.6) is 0 Å². The molecule has 4 fully saturated rings. The summed E-state index contributed by atoms with van der Waals surface area (Å²) in [5.74, 6) is 2.15. The van der Waals surface area contributed by atoms with Crippen molar-refractivity contribution in [2.75, 3.05) is 39.8 Å². The number of aliphatic carboxylic acids is 1. The van der Waals surface area contributed by atoms with Crippen molar-refractivity contribution in [1.82, 2.24) is 20.9 Å². The summed E-state index contributed by atoms with van der Waals surface area (Å²) in [6.45, 7) is 5.63. The molecule has 0 aromatic carbocycles. The third-order valence-electron chi connectivity index (χ3n) is 8.82. The van der Waals surface area contributed by atoms with E-state index >= 15 is 0 Å². The highest BCUT2D eigenvalue weighted by Gasteiger charge is 2.32. The van der Waals surface area contributed by atoms with Crippen LogP contribution in [0.1, 0.15) is 70.6 Å². The Kier molecular flexibility index (Phi) is 9.23. The second-order valence-electron chi connectivity index (χ2n) is 11.0. The van der Waals surface area contributed by atoms with Crippen molar-refractivity contribution < 1.29 is 14.6 Å². The van der Waals surface area contributed by atoms with Crippen LogP contribution in [-0.2, 0) is 9.53 Å². The Morgan fingerprint density at radius 3 is 2.16 bits per heavy atom. The highest BCUT2D eigenvalue weighted by Crippen LogP contribution is 2.32. The summed E-state index contributed by atoms with van der Waals surface area (Å²) < 4.78 is 5.53. The van der Waals surface area contributed by atoms with Crippen molar-refractivity contribution in [1.29, 1.82) is 0 Å². The van der Waals surface area contributed by atoms with Crippen molar-refractivity contribution in [3.63, 3.8) is 0 Å². The number of carbonyl (C=O) groups is 1. The van der Waals surface area contributed by atoms with Gasteiger partial charge in [0.15, 0.2) is 0 Å². The molecule has 2 aliphatic heterocycles. The van der Waals surface area contributed by atoms with Crippen LogP contribution in [0.25, 0.3) is 0 Å². The topological polar surface area (TPSA) is 85.9 Å². The van der Waals surface area contributed by atoms with Crippen LogP contribution < -0.4 is 16.0 Å². The smallest absolute Gasteiger partial charge is 0.303 e. The minimum atomic E-state index is -0.638. The zero-order valence-electron chi connectivity index (χ0n) is 20.1. The molecular formula is C25H46N4O3. The number of hydrogen-bond acceptors (Lipinski definition) is 6. The van der Waals surface area contributed by atoms with E-state index in [9.17, 15) is 4.79 Å². The van der Waals surface area contributed by atoms with E-state index in [2.05, 4.69) is 20.9 Å². The van der Waals surface area contributed by atoms with Crippen molar-refractivity contribution in [3.8, 4) is 0 Å². The van der Waals surface area contributed by atoms with Crippen molar-refractivity contribution in [2.24, 2.45) is 23.7 Å². The van der Waals surface area contributed by atoms with Gasteiger partial charge < -0.3 is 14.7 Å². The Hall–Kier alpha value is -0.730. The second-order valence-corrected chi connectivity index (χ2v) is 11.0. The number of carboxylic acid groups (broad SMARTS) is 1. The molecule has 0 aromatic rings. The van der Waals surface area contributed by atoms with E-state index in [1.54, 1.807) is 0 Å². The van der Waals surface area contributed by atoms with Crippen LogP contribution in [0.3, 0.4) is 0 Å². The van der Waals surface area contributed by atoms with Crippen LogP contribution >= 0.6 is 0 Å². The van der Waals surface area contributed by atoms with Crippen molar-refractivity contribution in [3.05, 3.63) is 0 Å². The van der Waals surface area contributed by atoms with Crippen LogP contribution in [0.15, 0.2) is 0 Å². The maximum absolute atomic E-state index is 10.9. The minimum absolute atomic E-state index is 0.261. The van der Waals surface area contributed by atoms with Crippen molar-refractivity contribution in [2.45, 2.75) is 89.1 Å².